The molecule has 42 heavy (non-hydrogen) atoms. The van der Waals surface area contributed by atoms with Gasteiger partial charge < -0.3 is 25.0 Å². The quantitative estimate of drug-likeness (QED) is 0.176. The number of hydrogen-bond donors (Lipinski definition) is 3. The van der Waals surface area contributed by atoms with Crippen molar-refractivity contribution >= 4 is 28.8 Å². The molecular weight excluding hydrogens is 537 g/mol. The van der Waals surface area contributed by atoms with Gasteiger partial charge >= 0.3 is 5.97 Å². The number of aliphatic carboxylic acids is 1. The van der Waals surface area contributed by atoms with E-state index in [1.165, 1.54) is 17.8 Å². The summed E-state index contributed by atoms with van der Waals surface area (Å²) in [6, 6.07) is 12.5. The van der Waals surface area contributed by atoms with E-state index in [2.05, 4.69) is 37.6 Å². The molecule has 0 radical (unpaired) electrons. The Labute approximate surface area is 245 Å². The summed E-state index contributed by atoms with van der Waals surface area (Å²) in [5.74, 6) is 0.513. The standard InChI is InChI=1S/C31H38FN7O3/c1-38-28-10-3-2-9-26(28)36-31(38)37-27(30(40)41)13-16-39(17-18-42-25-19-23(32)20-33-21-25)15-5-4-8-24-12-11-22-7-6-14-34-29(22)35-24/h2-3,9-12,19-21,27H,4-8,13-18H2,1H3,(H,34,35)(H,36,37)(H,40,41). The van der Waals surface area contributed by atoms with Crippen LogP contribution in [0.4, 0.5) is 16.2 Å². The minimum Gasteiger partial charge on any atom is -0.491 e. The van der Waals surface area contributed by atoms with Crippen molar-refractivity contribution in [3.63, 3.8) is 0 Å². The fourth-order valence-corrected chi connectivity index (χ4v) is 5.25. The maximum atomic E-state index is 13.5. The molecule has 3 N–H and O–H groups in total. The van der Waals surface area contributed by atoms with Gasteiger partial charge in [0.15, 0.2) is 0 Å². The number of carboxylic acid groups (broad SMARTS) is 1. The van der Waals surface area contributed by atoms with Gasteiger partial charge in [0, 0.05) is 38.4 Å². The van der Waals surface area contributed by atoms with Crippen LogP contribution >= 0.6 is 0 Å². The fraction of sp³-hybridized carbons (Fsp3) is 0.419. The molecule has 1 aliphatic heterocycles. The molecule has 0 fully saturated rings. The molecule has 0 spiro atoms. The number of aromatic nitrogens is 4. The van der Waals surface area contributed by atoms with Crippen LogP contribution in [0.3, 0.4) is 0 Å². The third-order valence-corrected chi connectivity index (χ3v) is 7.59. The van der Waals surface area contributed by atoms with E-state index in [0.29, 0.717) is 37.8 Å². The van der Waals surface area contributed by atoms with E-state index in [1.807, 2.05) is 35.9 Å². The molecule has 4 aromatic rings. The Morgan fingerprint density at radius 1 is 1.17 bits per heavy atom. The largest absolute Gasteiger partial charge is 0.491 e. The van der Waals surface area contributed by atoms with Crippen LogP contribution in [0.15, 0.2) is 54.9 Å². The minimum atomic E-state index is -0.934. The van der Waals surface area contributed by atoms with E-state index in [1.54, 1.807) is 0 Å². The molecule has 0 aliphatic carbocycles. The topological polar surface area (TPSA) is 117 Å². The van der Waals surface area contributed by atoms with Gasteiger partial charge in [-0.3, -0.25) is 9.88 Å². The zero-order valence-corrected chi connectivity index (χ0v) is 23.9. The number of halogens is 1. The van der Waals surface area contributed by atoms with Crippen LogP contribution in [0.5, 0.6) is 5.75 Å². The SMILES string of the molecule is Cn1c(NC(CCN(CCCCc2ccc3c(n2)NCCC3)CCOc2cncc(F)c2)C(=O)O)nc2ccccc21. The Morgan fingerprint density at radius 3 is 2.88 bits per heavy atom. The summed E-state index contributed by atoms with van der Waals surface area (Å²) in [5, 5.41) is 16.5. The Balaban J connectivity index is 1.17. The number of fused-ring (bicyclic) bond motifs is 2. The van der Waals surface area contributed by atoms with E-state index >= 15 is 0 Å². The van der Waals surface area contributed by atoms with Crippen LogP contribution in [0.25, 0.3) is 11.0 Å². The third kappa shape index (κ3) is 7.73. The summed E-state index contributed by atoms with van der Waals surface area (Å²) >= 11 is 0. The van der Waals surface area contributed by atoms with Crippen LogP contribution in [0, 0.1) is 5.82 Å². The monoisotopic (exact) mass is 575 g/mol. The predicted octanol–water partition coefficient (Wildman–Crippen LogP) is 4.52. The van der Waals surface area contributed by atoms with Gasteiger partial charge in [-0.25, -0.2) is 19.2 Å². The summed E-state index contributed by atoms with van der Waals surface area (Å²) in [5.41, 5.74) is 4.10. The van der Waals surface area contributed by atoms with Crippen LogP contribution in [0.2, 0.25) is 0 Å². The summed E-state index contributed by atoms with van der Waals surface area (Å²) in [4.78, 5) is 27.6. The van der Waals surface area contributed by atoms with E-state index in [-0.39, 0.29) is 0 Å². The maximum absolute atomic E-state index is 13.5. The zero-order chi connectivity index (χ0) is 29.3. The number of unbranched alkanes of at least 4 members (excludes halogenated alkanes) is 1. The average Bonchev–Trinajstić information content (AvgIpc) is 3.31. The normalized spacial score (nSPS) is 13.5. The Morgan fingerprint density at radius 2 is 2.05 bits per heavy atom. The molecule has 1 aliphatic rings. The smallest absolute Gasteiger partial charge is 0.326 e. The van der Waals surface area contributed by atoms with Crippen molar-refractivity contribution in [2.45, 2.75) is 44.6 Å². The lowest BCUT2D eigenvalue weighted by atomic mass is 10.1. The van der Waals surface area contributed by atoms with Crippen molar-refractivity contribution in [3.05, 3.63) is 71.9 Å². The molecule has 4 heterocycles. The Kier molecular flexibility index (Phi) is 9.81. The van der Waals surface area contributed by atoms with Gasteiger partial charge in [-0.15, -0.1) is 0 Å². The lowest BCUT2D eigenvalue weighted by molar-refractivity contribution is -0.138. The number of nitrogens with zero attached hydrogens (tertiary/aromatic N) is 5. The van der Waals surface area contributed by atoms with Crippen molar-refractivity contribution < 1.29 is 19.0 Å². The maximum Gasteiger partial charge on any atom is 0.326 e. The number of carbonyl (C=O) groups is 1. The zero-order valence-electron chi connectivity index (χ0n) is 23.9. The third-order valence-electron chi connectivity index (χ3n) is 7.59. The first-order valence-corrected chi connectivity index (χ1v) is 14.6. The van der Waals surface area contributed by atoms with Gasteiger partial charge in [-0.2, -0.15) is 0 Å². The molecule has 1 aromatic carbocycles. The van der Waals surface area contributed by atoms with Gasteiger partial charge in [0.25, 0.3) is 0 Å². The number of ether oxygens (including phenoxy) is 1. The summed E-state index contributed by atoms with van der Waals surface area (Å²) in [7, 11) is 1.87. The Hall–Kier alpha value is -4.25. The van der Waals surface area contributed by atoms with Crippen molar-refractivity contribution in [3.8, 4) is 5.75 Å². The fourth-order valence-electron chi connectivity index (χ4n) is 5.25. The lowest BCUT2D eigenvalue weighted by Crippen LogP contribution is -2.37. The first-order valence-electron chi connectivity index (χ1n) is 14.6. The number of hydrogen-bond acceptors (Lipinski definition) is 8. The number of nitrogens with one attached hydrogen (secondary N) is 2. The molecule has 10 nitrogen and oxygen atoms in total. The van der Waals surface area contributed by atoms with Crippen LogP contribution in [-0.4, -0.2) is 74.3 Å². The van der Waals surface area contributed by atoms with Crippen LogP contribution in [-0.2, 0) is 24.7 Å². The van der Waals surface area contributed by atoms with E-state index < -0.39 is 17.8 Å². The number of carboxylic acids is 1. The molecule has 1 atom stereocenters. The predicted molar refractivity (Wildman–Crippen MR) is 160 cm³/mol. The minimum absolute atomic E-state index is 0.332. The van der Waals surface area contributed by atoms with E-state index in [0.717, 1.165) is 73.9 Å². The number of imidazole rings is 1. The molecule has 0 bridgehead atoms. The second-order valence-corrected chi connectivity index (χ2v) is 10.6. The van der Waals surface area contributed by atoms with Gasteiger partial charge in [0.05, 0.1) is 23.4 Å². The van der Waals surface area contributed by atoms with Crippen LogP contribution < -0.4 is 15.4 Å². The van der Waals surface area contributed by atoms with Crippen molar-refractivity contribution in [1.29, 1.82) is 0 Å². The number of rotatable bonds is 15. The number of benzene rings is 1. The van der Waals surface area contributed by atoms with Gasteiger partial charge in [0.1, 0.15) is 30.0 Å². The van der Waals surface area contributed by atoms with Crippen LogP contribution in [0.1, 0.15) is 36.9 Å². The number of para-hydroxylation sites is 2. The van der Waals surface area contributed by atoms with Gasteiger partial charge in [-0.05, 0) is 68.8 Å². The molecular formula is C31H38FN7O3. The molecule has 3 aromatic heterocycles. The van der Waals surface area contributed by atoms with E-state index in [4.69, 9.17) is 9.72 Å². The highest BCUT2D eigenvalue weighted by molar-refractivity contribution is 5.81. The Bertz CT molecular complexity index is 1490. The molecule has 0 saturated carbocycles. The first-order chi connectivity index (χ1) is 20.5. The molecule has 0 amide bonds. The van der Waals surface area contributed by atoms with Crippen molar-refractivity contribution in [2.24, 2.45) is 7.05 Å². The highest BCUT2D eigenvalue weighted by atomic mass is 19.1. The molecule has 11 heteroatoms. The number of anilines is 2. The highest BCUT2D eigenvalue weighted by Gasteiger charge is 2.21. The lowest BCUT2D eigenvalue weighted by Gasteiger charge is -2.24. The second kappa shape index (κ2) is 14.1. The summed E-state index contributed by atoms with van der Waals surface area (Å²) in [6.07, 6.45) is 7.95. The molecule has 222 valence electrons. The highest BCUT2D eigenvalue weighted by Crippen LogP contribution is 2.21. The van der Waals surface area contributed by atoms with Crippen molar-refractivity contribution in [2.75, 3.05) is 43.4 Å². The molecule has 5 rings (SSSR count). The molecule has 0 saturated heterocycles. The van der Waals surface area contributed by atoms with Gasteiger partial charge in [-0.1, -0.05) is 18.2 Å². The average molecular weight is 576 g/mol. The van der Waals surface area contributed by atoms with Gasteiger partial charge in [0.2, 0.25) is 5.95 Å². The second-order valence-electron chi connectivity index (χ2n) is 10.6. The van der Waals surface area contributed by atoms with E-state index in [9.17, 15) is 14.3 Å². The number of pyridine rings is 2. The summed E-state index contributed by atoms with van der Waals surface area (Å²) in [6.45, 7) is 3.18. The number of aryl methyl sites for hydroxylation is 3. The van der Waals surface area contributed by atoms with Crippen molar-refractivity contribution in [1.82, 2.24) is 24.4 Å². The summed E-state index contributed by atoms with van der Waals surface area (Å²) < 4.78 is 21.1. The molecule has 1 unspecified atom stereocenters. The first kappa shape index (κ1) is 29.2.